The Morgan fingerprint density at radius 1 is 1.25 bits per heavy atom. The van der Waals surface area contributed by atoms with Gasteiger partial charge in [-0.15, -0.1) is 0 Å². The van der Waals surface area contributed by atoms with Crippen molar-refractivity contribution in [3.8, 4) is 0 Å². The van der Waals surface area contributed by atoms with Gasteiger partial charge in [0.1, 0.15) is 11.6 Å². The van der Waals surface area contributed by atoms with E-state index < -0.39 is 5.82 Å². The number of amides is 1. The van der Waals surface area contributed by atoms with Crippen LogP contribution in [0.3, 0.4) is 0 Å². The maximum Gasteiger partial charge on any atom is 0.238 e. The second-order valence-electron chi connectivity index (χ2n) is 5.92. The van der Waals surface area contributed by atoms with Gasteiger partial charge in [-0.25, -0.2) is 9.37 Å². The molecule has 1 aliphatic heterocycles. The molecule has 7 nitrogen and oxygen atoms in total. The Labute approximate surface area is 139 Å². The summed E-state index contributed by atoms with van der Waals surface area (Å²) in [6, 6.07) is 6.19. The number of hydrogen-bond acceptors (Lipinski definition) is 5. The van der Waals surface area contributed by atoms with Gasteiger partial charge in [0.25, 0.3) is 0 Å². The van der Waals surface area contributed by atoms with E-state index >= 15 is 0 Å². The number of carbonyl (C=O) groups excluding carboxylic acids is 1. The molecule has 24 heavy (non-hydrogen) atoms. The lowest BCUT2D eigenvalue weighted by atomic mass is 10.3. The average molecular weight is 332 g/mol. The molecule has 0 bridgehead atoms. The van der Waals surface area contributed by atoms with E-state index in [9.17, 15) is 9.18 Å². The molecule has 0 saturated carbocycles. The summed E-state index contributed by atoms with van der Waals surface area (Å²) in [6.07, 6.45) is 0. The number of aromatic nitrogens is 3. The topological polar surface area (TPSA) is 77.2 Å². The Balaban J connectivity index is 1.43. The number of hydrogen-bond donors (Lipinski definition) is 2. The first-order chi connectivity index (χ1) is 11.6. The van der Waals surface area contributed by atoms with Crippen LogP contribution in [0.15, 0.2) is 24.3 Å². The van der Waals surface area contributed by atoms with Gasteiger partial charge in [-0.1, -0.05) is 12.1 Å². The summed E-state index contributed by atoms with van der Waals surface area (Å²) >= 11 is 0. The van der Waals surface area contributed by atoms with Crippen molar-refractivity contribution in [2.24, 2.45) is 0 Å². The second kappa shape index (κ2) is 7.50. The Hall–Kier alpha value is -2.32. The quantitative estimate of drug-likeness (QED) is 0.854. The van der Waals surface area contributed by atoms with Crippen molar-refractivity contribution < 1.29 is 9.18 Å². The van der Waals surface area contributed by atoms with Crippen LogP contribution in [0.2, 0.25) is 0 Å². The Bertz CT molecular complexity index is 695. The lowest BCUT2D eigenvalue weighted by molar-refractivity contribution is -0.117. The molecule has 0 radical (unpaired) electrons. The number of piperazine rings is 1. The molecule has 8 heteroatoms. The van der Waals surface area contributed by atoms with Gasteiger partial charge in [0, 0.05) is 26.2 Å². The predicted molar refractivity (Wildman–Crippen MR) is 87.9 cm³/mol. The molecule has 1 aliphatic rings. The molecule has 0 aliphatic carbocycles. The van der Waals surface area contributed by atoms with Crippen LogP contribution in [0, 0.1) is 12.7 Å². The third-order valence-electron chi connectivity index (χ3n) is 3.99. The molecule has 1 amide bonds. The lowest BCUT2D eigenvalue weighted by Crippen LogP contribution is -2.48. The number of aryl methyl sites for hydroxylation is 1. The first-order valence-corrected chi connectivity index (χ1v) is 7.97. The van der Waals surface area contributed by atoms with E-state index in [0.29, 0.717) is 6.54 Å². The number of anilines is 1. The summed E-state index contributed by atoms with van der Waals surface area (Å²) in [5, 5.41) is 9.60. The Kier molecular flexibility index (Phi) is 5.17. The highest BCUT2D eigenvalue weighted by molar-refractivity contribution is 5.92. The number of rotatable bonds is 5. The fourth-order valence-electron chi connectivity index (χ4n) is 2.72. The van der Waals surface area contributed by atoms with Gasteiger partial charge < -0.3 is 5.32 Å². The maximum atomic E-state index is 13.5. The zero-order valence-electron chi connectivity index (χ0n) is 13.6. The highest BCUT2D eigenvalue weighted by atomic mass is 19.1. The molecular formula is C16H21FN6O. The SMILES string of the molecule is Cc1nc(CN2CCN(CC(=O)Nc3ccccc3F)CC2)n[nH]1. The van der Waals surface area contributed by atoms with Crippen molar-refractivity contribution in [2.45, 2.75) is 13.5 Å². The zero-order chi connectivity index (χ0) is 16.9. The van der Waals surface area contributed by atoms with Crippen LogP contribution in [0.5, 0.6) is 0 Å². The molecule has 2 heterocycles. The van der Waals surface area contributed by atoms with E-state index in [0.717, 1.165) is 37.8 Å². The van der Waals surface area contributed by atoms with Crippen LogP contribution >= 0.6 is 0 Å². The van der Waals surface area contributed by atoms with E-state index in [4.69, 9.17) is 0 Å². The summed E-state index contributed by atoms with van der Waals surface area (Å²) in [6.45, 7) is 6.12. The third kappa shape index (κ3) is 4.36. The minimum Gasteiger partial charge on any atom is -0.322 e. The van der Waals surface area contributed by atoms with Crippen LogP contribution in [-0.4, -0.2) is 63.6 Å². The number of H-pyrrole nitrogens is 1. The van der Waals surface area contributed by atoms with E-state index in [2.05, 4.69) is 30.3 Å². The monoisotopic (exact) mass is 332 g/mol. The normalized spacial score (nSPS) is 16.2. The fourth-order valence-corrected chi connectivity index (χ4v) is 2.72. The van der Waals surface area contributed by atoms with Gasteiger partial charge >= 0.3 is 0 Å². The summed E-state index contributed by atoms with van der Waals surface area (Å²) in [7, 11) is 0. The van der Waals surface area contributed by atoms with E-state index in [1.807, 2.05) is 6.92 Å². The van der Waals surface area contributed by atoms with Crippen molar-refractivity contribution in [2.75, 3.05) is 38.0 Å². The van der Waals surface area contributed by atoms with E-state index in [1.54, 1.807) is 18.2 Å². The van der Waals surface area contributed by atoms with E-state index in [1.165, 1.54) is 6.07 Å². The third-order valence-corrected chi connectivity index (χ3v) is 3.99. The van der Waals surface area contributed by atoms with Crippen LogP contribution < -0.4 is 5.32 Å². The smallest absolute Gasteiger partial charge is 0.238 e. The number of benzene rings is 1. The lowest BCUT2D eigenvalue weighted by Gasteiger charge is -2.33. The molecule has 0 unspecified atom stereocenters. The van der Waals surface area contributed by atoms with Crippen molar-refractivity contribution in [1.82, 2.24) is 25.0 Å². The molecular weight excluding hydrogens is 311 g/mol. The van der Waals surface area contributed by atoms with Crippen LogP contribution in [-0.2, 0) is 11.3 Å². The molecule has 1 saturated heterocycles. The number of nitrogens with one attached hydrogen (secondary N) is 2. The molecule has 1 aromatic heterocycles. The van der Waals surface area contributed by atoms with Gasteiger partial charge in [-0.2, -0.15) is 5.10 Å². The average Bonchev–Trinajstić information content (AvgIpc) is 2.96. The maximum absolute atomic E-state index is 13.5. The van der Waals surface area contributed by atoms with Crippen LogP contribution in [0.25, 0.3) is 0 Å². The first-order valence-electron chi connectivity index (χ1n) is 7.97. The van der Waals surface area contributed by atoms with Gasteiger partial charge in [0.15, 0.2) is 5.82 Å². The molecule has 0 spiro atoms. The van der Waals surface area contributed by atoms with Gasteiger partial charge in [0.05, 0.1) is 18.8 Å². The number of carbonyl (C=O) groups is 1. The van der Waals surface area contributed by atoms with Crippen molar-refractivity contribution in [3.05, 3.63) is 41.7 Å². The minimum absolute atomic E-state index is 0.196. The summed E-state index contributed by atoms with van der Waals surface area (Å²) in [5.41, 5.74) is 0.223. The zero-order valence-corrected chi connectivity index (χ0v) is 13.6. The molecule has 0 atom stereocenters. The highest BCUT2D eigenvalue weighted by Crippen LogP contribution is 2.12. The Morgan fingerprint density at radius 3 is 2.62 bits per heavy atom. The summed E-state index contributed by atoms with van der Waals surface area (Å²) in [4.78, 5) is 20.7. The van der Waals surface area contributed by atoms with Crippen molar-refractivity contribution >= 4 is 11.6 Å². The minimum atomic E-state index is -0.419. The van der Waals surface area contributed by atoms with Gasteiger partial charge in [-0.3, -0.25) is 19.7 Å². The van der Waals surface area contributed by atoms with Crippen molar-refractivity contribution in [1.29, 1.82) is 0 Å². The molecule has 1 fully saturated rings. The molecule has 128 valence electrons. The Morgan fingerprint density at radius 2 is 1.96 bits per heavy atom. The van der Waals surface area contributed by atoms with Gasteiger partial charge in [-0.05, 0) is 19.1 Å². The predicted octanol–water partition coefficient (Wildman–Crippen LogP) is 1.01. The molecule has 3 rings (SSSR count). The number of aromatic amines is 1. The molecule has 1 aromatic carbocycles. The molecule has 2 aromatic rings. The first kappa shape index (κ1) is 16.5. The number of halogens is 1. The number of nitrogens with zero attached hydrogens (tertiary/aromatic N) is 4. The fraction of sp³-hybridized carbons (Fsp3) is 0.438. The van der Waals surface area contributed by atoms with Crippen LogP contribution in [0.4, 0.5) is 10.1 Å². The van der Waals surface area contributed by atoms with Crippen LogP contribution in [0.1, 0.15) is 11.6 Å². The van der Waals surface area contributed by atoms with E-state index in [-0.39, 0.29) is 18.1 Å². The highest BCUT2D eigenvalue weighted by Gasteiger charge is 2.20. The van der Waals surface area contributed by atoms with Crippen molar-refractivity contribution in [3.63, 3.8) is 0 Å². The number of para-hydroxylation sites is 1. The van der Waals surface area contributed by atoms with Gasteiger partial charge in [0.2, 0.25) is 5.91 Å². The summed E-state index contributed by atoms with van der Waals surface area (Å²) in [5.74, 6) is 0.988. The molecule has 2 N–H and O–H groups in total. The standard InChI is InChI=1S/C16H21FN6O/c1-12-18-15(21-20-12)10-22-6-8-23(9-7-22)11-16(24)19-14-5-3-2-4-13(14)17/h2-5H,6-11H2,1H3,(H,19,24)(H,18,20,21). The largest absolute Gasteiger partial charge is 0.322 e. The second-order valence-corrected chi connectivity index (χ2v) is 5.92. The summed E-state index contributed by atoms with van der Waals surface area (Å²) < 4.78 is 13.5.